The van der Waals surface area contributed by atoms with Crippen molar-refractivity contribution in [2.24, 2.45) is 5.73 Å². The molecule has 1 saturated carbocycles. The molecule has 1 fully saturated rings. The Kier molecular flexibility index (Phi) is 4.06. The Morgan fingerprint density at radius 2 is 2.05 bits per heavy atom. The Labute approximate surface area is 125 Å². The number of aryl methyl sites for hydroxylation is 2. The molecule has 3 rings (SSSR count). The normalized spacial score (nSPS) is 25.9. The molecule has 21 heavy (non-hydrogen) atoms. The molecule has 1 aliphatic carbocycles. The van der Waals surface area contributed by atoms with Crippen molar-refractivity contribution < 1.29 is 4.52 Å². The van der Waals surface area contributed by atoms with Crippen LogP contribution < -0.4 is 5.73 Å². The molecule has 1 heterocycles. The molecule has 2 N–H and O–H groups in total. The molecular weight excluding hydrogens is 262 g/mol. The zero-order chi connectivity index (χ0) is 14.7. The SMILES string of the molecule is CC1(c2nc(CCc3ccccc3)no2)CCCCC1N. The second-order valence-electron chi connectivity index (χ2n) is 6.27. The van der Waals surface area contributed by atoms with E-state index in [1.807, 2.05) is 6.07 Å². The van der Waals surface area contributed by atoms with E-state index >= 15 is 0 Å². The number of aromatic nitrogens is 2. The smallest absolute Gasteiger partial charge is 0.234 e. The topological polar surface area (TPSA) is 64.9 Å². The van der Waals surface area contributed by atoms with Crippen LogP contribution >= 0.6 is 0 Å². The van der Waals surface area contributed by atoms with Gasteiger partial charge in [-0.15, -0.1) is 0 Å². The first-order chi connectivity index (χ1) is 10.2. The van der Waals surface area contributed by atoms with Crippen molar-refractivity contribution in [1.82, 2.24) is 10.1 Å². The van der Waals surface area contributed by atoms with Gasteiger partial charge in [-0.3, -0.25) is 0 Å². The zero-order valence-electron chi connectivity index (χ0n) is 12.6. The molecule has 1 aromatic heterocycles. The van der Waals surface area contributed by atoms with Gasteiger partial charge in [0.1, 0.15) is 0 Å². The predicted octanol–water partition coefficient (Wildman–Crippen LogP) is 3.01. The number of hydrogen-bond donors (Lipinski definition) is 1. The molecule has 0 amide bonds. The number of rotatable bonds is 4. The van der Waals surface area contributed by atoms with Crippen LogP contribution in [-0.2, 0) is 18.3 Å². The van der Waals surface area contributed by atoms with Gasteiger partial charge in [-0.25, -0.2) is 0 Å². The Hall–Kier alpha value is -1.68. The molecular formula is C17H23N3O. The van der Waals surface area contributed by atoms with Crippen LogP contribution in [0.5, 0.6) is 0 Å². The summed E-state index contributed by atoms with van der Waals surface area (Å²) in [5.41, 5.74) is 7.43. The lowest BCUT2D eigenvalue weighted by molar-refractivity contribution is 0.203. The maximum atomic E-state index is 6.29. The molecule has 0 bridgehead atoms. The lowest BCUT2D eigenvalue weighted by atomic mass is 9.72. The summed E-state index contributed by atoms with van der Waals surface area (Å²) in [7, 11) is 0. The average Bonchev–Trinajstić information content (AvgIpc) is 2.99. The van der Waals surface area contributed by atoms with Crippen LogP contribution in [-0.4, -0.2) is 16.2 Å². The van der Waals surface area contributed by atoms with Gasteiger partial charge in [0.15, 0.2) is 5.82 Å². The number of hydrogen-bond acceptors (Lipinski definition) is 4. The molecule has 112 valence electrons. The molecule has 0 radical (unpaired) electrons. The van der Waals surface area contributed by atoms with Gasteiger partial charge >= 0.3 is 0 Å². The summed E-state index contributed by atoms with van der Waals surface area (Å²) in [6, 6.07) is 10.5. The van der Waals surface area contributed by atoms with E-state index in [0.717, 1.165) is 37.4 Å². The van der Waals surface area contributed by atoms with Crippen molar-refractivity contribution in [2.75, 3.05) is 0 Å². The van der Waals surface area contributed by atoms with Gasteiger partial charge < -0.3 is 10.3 Å². The molecule has 2 aromatic rings. The van der Waals surface area contributed by atoms with Crippen LogP contribution in [0.25, 0.3) is 0 Å². The standard InChI is InChI=1S/C17H23N3O/c1-17(12-6-5-9-14(17)18)16-19-15(20-21-16)11-10-13-7-3-2-4-8-13/h2-4,7-8,14H,5-6,9-12,18H2,1H3. The fraction of sp³-hybridized carbons (Fsp3) is 0.529. The number of nitrogens with zero attached hydrogens (tertiary/aromatic N) is 2. The summed E-state index contributed by atoms with van der Waals surface area (Å²) < 4.78 is 5.52. The molecule has 1 aromatic carbocycles. The van der Waals surface area contributed by atoms with Gasteiger partial charge in [0.2, 0.25) is 5.89 Å². The Morgan fingerprint density at radius 1 is 1.24 bits per heavy atom. The van der Waals surface area contributed by atoms with Crippen LogP contribution in [0, 0.1) is 0 Å². The van der Waals surface area contributed by atoms with Crippen molar-refractivity contribution in [3.8, 4) is 0 Å². The van der Waals surface area contributed by atoms with E-state index in [1.165, 1.54) is 18.4 Å². The van der Waals surface area contributed by atoms with Gasteiger partial charge in [0, 0.05) is 12.5 Å². The van der Waals surface area contributed by atoms with E-state index in [4.69, 9.17) is 10.3 Å². The summed E-state index contributed by atoms with van der Waals surface area (Å²) in [5.74, 6) is 1.51. The van der Waals surface area contributed by atoms with E-state index in [9.17, 15) is 0 Å². The first-order valence-electron chi connectivity index (χ1n) is 7.81. The highest BCUT2D eigenvalue weighted by molar-refractivity contribution is 5.16. The molecule has 1 aliphatic rings. The quantitative estimate of drug-likeness (QED) is 0.937. The van der Waals surface area contributed by atoms with E-state index < -0.39 is 0 Å². The molecule has 2 atom stereocenters. The molecule has 4 nitrogen and oxygen atoms in total. The molecule has 0 aliphatic heterocycles. The summed E-state index contributed by atoms with van der Waals surface area (Å²) in [5, 5.41) is 4.14. The fourth-order valence-electron chi connectivity index (χ4n) is 3.11. The maximum absolute atomic E-state index is 6.29. The van der Waals surface area contributed by atoms with Crippen molar-refractivity contribution in [2.45, 2.75) is 56.9 Å². The second kappa shape index (κ2) is 5.98. The van der Waals surface area contributed by atoms with E-state index in [1.54, 1.807) is 0 Å². The van der Waals surface area contributed by atoms with Crippen LogP contribution in [0.3, 0.4) is 0 Å². The van der Waals surface area contributed by atoms with Gasteiger partial charge in [0.25, 0.3) is 0 Å². The minimum Gasteiger partial charge on any atom is -0.339 e. The van der Waals surface area contributed by atoms with E-state index in [-0.39, 0.29) is 11.5 Å². The monoisotopic (exact) mass is 285 g/mol. The van der Waals surface area contributed by atoms with E-state index in [0.29, 0.717) is 0 Å². The molecule has 0 saturated heterocycles. The highest BCUT2D eigenvalue weighted by Crippen LogP contribution is 2.37. The van der Waals surface area contributed by atoms with Gasteiger partial charge in [0.05, 0.1) is 5.41 Å². The van der Waals surface area contributed by atoms with Crippen LogP contribution in [0.4, 0.5) is 0 Å². The highest BCUT2D eigenvalue weighted by atomic mass is 16.5. The van der Waals surface area contributed by atoms with Gasteiger partial charge in [-0.1, -0.05) is 48.3 Å². The Bertz CT molecular complexity index is 581. The summed E-state index contributed by atoms with van der Waals surface area (Å²) >= 11 is 0. The summed E-state index contributed by atoms with van der Waals surface area (Å²) in [6.45, 7) is 2.16. The van der Waals surface area contributed by atoms with Crippen LogP contribution in [0.1, 0.15) is 49.9 Å². The van der Waals surface area contributed by atoms with E-state index in [2.05, 4.69) is 41.3 Å². The second-order valence-corrected chi connectivity index (χ2v) is 6.27. The zero-order valence-corrected chi connectivity index (χ0v) is 12.6. The Morgan fingerprint density at radius 3 is 2.81 bits per heavy atom. The van der Waals surface area contributed by atoms with Crippen molar-refractivity contribution in [3.63, 3.8) is 0 Å². The average molecular weight is 285 g/mol. The largest absolute Gasteiger partial charge is 0.339 e. The molecule has 0 spiro atoms. The predicted molar refractivity (Wildman–Crippen MR) is 81.9 cm³/mol. The van der Waals surface area contributed by atoms with Crippen molar-refractivity contribution in [3.05, 3.63) is 47.6 Å². The number of nitrogens with two attached hydrogens (primary N) is 1. The lowest BCUT2D eigenvalue weighted by Crippen LogP contribution is -2.45. The lowest BCUT2D eigenvalue weighted by Gasteiger charge is -2.35. The first-order valence-corrected chi connectivity index (χ1v) is 7.81. The van der Waals surface area contributed by atoms with Crippen LogP contribution in [0.2, 0.25) is 0 Å². The summed E-state index contributed by atoms with van der Waals surface area (Å²) in [4.78, 5) is 4.61. The molecule has 2 unspecified atom stereocenters. The minimum absolute atomic E-state index is 0.119. The van der Waals surface area contributed by atoms with Gasteiger partial charge in [-0.05, 0) is 31.7 Å². The highest BCUT2D eigenvalue weighted by Gasteiger charge is 2.40. The molecule has 4 heteroatoms. The van der Waals surface area contributed by atoms with Crippen molar-refractivity contribution in [1.29, 1.82) is 0 Å². The number of benzene rings is 1. The third-order valence-electron chi connectivity index (χ3n) is 4.72. The maximum Gasteiger partial charge on any atom is 0.234 e. The third-order valence-corrected chi connectivity index (χ3v) is 4.72. The minimum atomic E-state index is -0.157. The Balaban J connectivity index is 1.68. The van der Waals surface area contributed by atoms with Gasteiger partial charge in [-0.2, -0.15) is 4.98 Å². The van der Waals surface area contributed by atoms with Crippen LogP contribution in [0.15, 0.2) is 34.9 Å². The summed E-state index contributed by atoms with van der Waals surface area (Å²) in [6.07, 6.45) is 6.20. The first kappa shape index (κ1) is 14.3. The fourth-order valence-corrected chi connectivity index (χ4v) is 3.11. The third kappa shape index (κ3) is 3.00. The van der Waals surface area contributed by atoms with Crippen molar-refractivity contribution >= 4 is 0 Å².